The van der Waals surface area contributed by atoms with Gasteiger partial charge < -0.3 is 0 Å². The predicted octanol–water partition coefficient (Wildman–Crippen LogP) is 3.72. The van der Waals surface area contributed by atoms with Crippen molar-refractivity contribution in [1.29, 1.82) is 0 Å². The van der Waals surface area contributed by atoms with E-state index in [4.69, 9.17) is 11.6 Å². The van der Waals surface area contributed by atoms with Gasteiger partial charge in [-0.3, -0.25) is 10.2 Å². The van der Waals surface area contributed by atoms with Gasteiger partial charge in [0, 0.05) is 5.02 Å². The van der Waals surface area contributed by atoms with E-state index in [9.17, 15) is 4.79 Å². The van der Waals surface area contributed by atoms with Crippen LogP contribution in [0.15, 0.2) is 40.8 Å². The highest BCUT2D eigenvalue weighted by molar-refractivity contribution is 7.16. The minimum absolute atomic E-state index is 0.425. The van der Waals surface area contributed by atoms with Crippen molar-refractivity contribution in [3.63, 3.8) is 0 Å². The molecule has 2 aromatic rings. The number of carbonyl (C=O) groups excluding carboxylic acids is 1. The van der Waals surface area contributed by atoms with Crippen LogP contribution >= 0.6 is 22.9 Å². The van der Waals surface area contributed by atoms with Gasteiger partial charge >= 0.3 is 0 Å². The number of hydrogen-bond donors (Lipinski definition) is 1. The highest BCUT2D eigenvalue weighted by Gasteiger charge is 1.98. The molecule has 1 N–H and O–H groups in total. The van der Waals surface area contributed by atoms with Gasteiger partial charge in [-0.05, 0) is 24.3 Å². The third-order valence-corrected chi connectivity index (χ3v) is 2.85. The molecule has 2 rings (SSSR count). The lowest BCUT2D eigenvalue weighted by Gasteiger charge is -1.97. The Morgan fingerprint density at radius 1 is 1.35 bits per heavy atom. The molecular formula is C10H7ClN4OS. The predicted molar refractivity (Wildman–Crippen MR) is 67.1 cm³/mol. The molecule has 1 aromatic carbocycles. The number of rotatable bonds is 4. The maximum Gasteiger partial charge on any atom is 0.232 e. The minimum Gasteiger partial charge on any atom is -0.297 e. The van der Waals surface area contributed by atoms with Crippen LogP contribution in [0.4, 0.5) is 10.8 Å². The van der Waals surface area contributed by atoms with Crippen LogP contribution in [0.5, 0.6) is 0 Å². The number of aromatic nitrogens is 1. The standard InChI is InChI=1S/C10H7ClN4OS/c11-7-1-3-8(4-2-7)13-15-14-10-12-5-9(6-16)17-10/h1-6H,(H,12,13,14). The molecule has 0 atom stereocenters. The van der Waals surface area contributed by atoms with Gasteiger partial charge in [0.05, 0.1) is 16.8 Å². The normalized spacial score (nSPS) is 10.6. The lowest BCUT2D eigenvalue weighted by Crippen LogP contribution is -1.84. The van der Waals surface area contributed by atoms with Crippen molar-refractivity contribution in [1.82, 2.24) is 4.98 Å². The second-order valence-corrected chi connectivity index (χ2v) is 4.46. The molecule has 0 fully saturated rings. The molecule has 86 valence electrons. The summed E-state index contributed by atoms with van der Waals surface area (Å²) in [6.45, 7) is 0. The fourth-order valence-corrected chi connectivity index (χ4v) is 1.70. The first-order chi connectivity index (χ1) is 8.28. The Balaban J connectivity index is 1.97. The summed E-state index contributed by atoms with van der Waals surface area (Å²) in [6.07, 6.45) is 2.18. The van der Waals surface area contributed by atoms with E-state index in [1.165, 1.54) is 17.5 Å². The number of carbonyl (C=O) groups is 1. The first kappa shape index (κ1) is 11.7. The zero-order valence-electron chi connectivity index (χ0n) is 8.50. The first-order valence-corrected chi connectivity index (χ1v) is 5.81. The van der Waals surface area contributed by atoms with E-state index in [1.807, 2.05) is 0 Å². The van der Waals surface area contributed by atoms with Gasteiger partial charge in [0.1, 0.15) is 0 Å². The summed E-state index contributed by atoms with van der Waals surface area (Å²) in [5.41, 5.74) is 3.49. The van der Waals surface area contributed by atoms with Crippen molar-refractivity contribution < 1.29 is 4.79 Å². The Morgan fingerprint density at radius 2 is 2.12 bits per heavy atom. The molecule has 1 aromatic heterocycles. The zero-order chi connectivity index (χ0) is 12.1. The van der Waals surface area contributed by atoms with Crippen molar-refractivity contribution in [2.75, 3.05) is 5.43 Å². The summed E-state index contributed by atoms with van der Waals surface area (Å²) in [4.78, 5) is 14.8. The molecule has 0 saturated carbocycles. The molecule has 17 heavy (non-hydrogen) atoms. The van der Waals surface area contributed by atoms with Crippen LogP contribution < -0.4 is 5.43 Å². The third kappa shape index (κ3) is 3.33. The van der Waals surface area contributed by atoms with Crippen LogP contribution in [0, 0.1) is 0 Å². The zero-order valence-corrected chi connectivity index (χ0v) is 10.1. The van der Waals surface area contributed by atoms with Crippen molar-refractivity contribution in [2.45, 2.75) is 0 Å². The molecule has 0 aliphatic carbocycles. The fraction of sp³-hybridized carbons (Fsp3) is 0. The second-order valence-electron chi connectivity index (χ2n) is 2.98. The molecule has 5 nitrogen and oxygen atoms in total. The number of anilines is 1. The summed E-state index contributed by atoms with van der Waals surface area (Å²) >= 11 is 6.91. The van der Waals surface area contributed by atoms with Crippen LogP contribution in [0.3, 0.4) is 0 Å². The van der Waals surface area contributed by atoms with E-state index in [0.717, 1.165) is 12.0 Å². The summed E-state index contributed by atoms with van der Waals surface area (Å²) in [6, 6.07) is 7.04. The van der Waals surface area contributed by atoms with Gasteiger partial charge in [0.2, 0.25) is 5.13 Å². The van der Waals surface area contributed by atoms with E-state index in [0.29, 0.717) is 15.0 Å². The first-order valence-electron chi connectivity index (χ1n) is 4.61. The van der Waals surface area contributed by atoms with Crippen LogP contribution in [0.1, 0.15) is 9.67 Å². The highest BCUT2D eigenvalue weighted by Crippen LogP contribution is 2.20. The highest BCUT2D eigenvalue weighted by atomic mass is 35.5. The molecule has 0 amide bonds. The maximum atomic E-state index is 10.4. The molecule has 0 spiro atoms. The van der Waals surface area contributed by atoms with E-state index in [-0.39, 0.29) is 0 Å². The molecular weight excluding hydrogens is 260 g/mol. The number of nitrogens with one attached hydrogen (secondary N) is 1. The van der Waals surface area contributed by atoms with Gasteiger partial charge in [-0.1, -0.05) is 28.2 Å². The van der Waals surface area contributed by atoms with E-state index >= 15 is 0 Å². The summed E-state index contributed by atoms with van der Waals surface area (Å²) < 4.78 is 0. The second kappa shape index (κ2) is 5.51. The van der Waals surface area contributed by atoms with Gasteiger partial charge in [-0.2, -0.15) is 0 Å². The number of halogens is 1. The third-order valence-electron chi connectivity index (χ3n) is 1.79. The van der Waals surface area contributed by atoms with Crippen LogP contribution in [0.2, 0.25) is 5.02 Å². The van der Waals surface area contributed by atoms with Gasteiger partial charge in [-0.25, -0.2) is 4.98 Å². The average molecular weight is 267 g/mol. The largest absolute Gasteiger partial charge is 0.297 e. The molecule has 1 heterocycles. The smallest absolute Gasteiger partial charge is 0.232 e. The van der Waals surface area contributed by atoms with Crippen LogP contribution in [0.25, 0.3) is 0 Å². The van der Waals surface area contributed by atoms with Crippen molar-refractivity contribution in [3.8, 4) is 0 Å². The Hall–Kier alpha value is -1.79. The molecule has 0 radical (unpaired) electrons. The van der Waals surface area contributed by atoms with Crippen molar-refractivity contribution in [2.24, 2.45) is 10.3 Å². The topological polar surface area (TPSA) is 66.7 Å². The average Bonchev–Trinajstić information content (AvgIpc) is 2.80. The van der Waals surface area contributed by atoms with E-state index < -0.39 is 0 Å². The molecule has 7 heteroatoms. The SMILES string of the molecule is O=Cc1cnc(N=NNc2ccc(Cl)cc2)s1. The lowest BCUT2D eigenvalue weighted by atomic mass is 10.3. The number of aldehydes is 1. The summed E-state index contributed by atoms with van der Waals surface area (Å²) in [7, 11) is 0. The Labute approximate surface area is 106 Å². The van der Waals surface area contributed by atoms with Crippen LogP contribution in [-0.2, 0) is 0 Å². The van der Waals surface area contributed by atoms with E-state index in [2.05, 4.69) is 20.7 Å². The monoisotopic (exact) mass is 266 g/mol. The molecule has 0 bridgehead atoms. The minimum atomic E-state index is 0.425. The van der Waals surface area contributed by atoms with Crippen molar-refractivity contribution in [3.05, 3.63) is 40.4 Å². The number of nitrogens with zero attached hydrogens (tertiary/aromatic N) is 3. The molecule has 0 saturated heterocycles. The van der Waals surface area contributed by atoms with E-state index in [1.54, 1.807) is 24.3 Å². The fourth-order valence-electron chi connectivity index (χ4n) is 1.03. The van der Waals surface area contributed by atoms with Crippen LogP contribution in [-0.4, -0.2) is 11.3 Å². The lowest BCUT2D eigenvalue weighted by molar-refractivity contribution is 0.112. The number of hydrogen-bond acceptors (Lipinski definition) is 5. The molecule has 0 unspecified atom stereocenters. The summed E-state index contributed by atoms with van der Waals surface area (Å²) in [5.74, 6) is 0. The maximum absolute atomic E-state index is 10.4. The van der Waals surface area contributed by atoms with Gasteiger partial charge in [-0.15, -0.1) is 5.11 Å². The van der Waals surface area contributed by atoms with Gasteiger partial charge in [0.25, 0.3) is 0 Å². The number of thiazole rings is 1. The molecule has 0 aliphatic rings. The van der Waals surface area contributed by atoms with Gasteiger partial charge in [0.15, 0.2) is 6.29 Å². The van der Waals surface area contributed by atoms with Crippen molar-refractivity contribution >= 4 is 40.0 Å². The summed E-state index contributed by atoms with van der Waals surface area (Å²) in [5, 5.41) is 8.66. The molecule has 0 aliphatic heterocycles. The number of benzene rings is 1. The quantitative estimate of drug-likeness (QED) is 0.521. The Kier molecular flexibility index (Phi) is 3.79. The Bertz CT molecular complexity index is 537. The Morgan fingerprint density at radius 3 is 2.76 bits per heavy atom.